The van der Waals surface area contributed by atoms with Crippen LogP contribution in [0, 0.1) is 0 Å². The number of nitrogens with one attached hydrogen (secondary N) is 1. The summed E-state index contributed by atoms with van der Waals surface area (Å²) < 4.78 is 12.2. The standard InChI is InChI=1S/C24H19BrClNO5/c1-31-21-13-16(11-19(26)22(21)32-14-15-7-9-18(25)10-8-15)12-20(24(29)30)27-23(28)17-5-3-2-4-6-17/h2-13H,14H2,1H3,(H,27,28)(H,29,30)/b20-12+. The van der Waals surface area contributed by atoms with Gasteiger partial charge < -0.3 is 19.9 Å². The van der Waals surface area contributed by atoms with E-state index in [1.807, 2.05) is 24.3 Å². The molecular weight excluding hydrogens is 498 g/mol. The molecule has 0 spiro atoms. The molecule has 0 aromatic heterocycles. The smallest absolute Gasteiger partial charge is 0.352 e. The summed E-state index contributed by atoms with van der Waals surface area (Å²) in [7, 11) is 1.46. The van der Waals surface area contributed by atoms with E-state index < -0.39 is 11.9 Å². The monoisotopic (exact) mass is 515 g/mol. The zero-order valence-electron chi connectivity index (χ0n) is 17.0. The largest absolute Gasteiger partial charge is 0.493 e. The summed E-state index contributed by atoms with van der Waals surface area (Å²) in [5.74, 6) is -1.16. The molecule has 0 heterocycles. The minimum absolute atomic E-state index is 0.242. The van der Waals surface area contributed by atoms with Crippen molar-refractivity contribution in [2.75, 3.05) is 7.11 Å². The molecular formula is C24H19BrClNO5. The van der Waals surface area contributed by atoms with Crippen molar-refractivity contribution in [1.82, 2.24) is 5.32 Å². The maximum absolute atomic E-state index is 12.3. The first-order valence-electron chi connectivity index (χ1n) is 9.43. The summed E-state index contributed by atoms with van der Waals surface area (Å²) in [5.41, 5.74) is 1.40. The van der Waals surface area contributed by atoms with Gasteiger partial charge in [0.1, 0.15) is 12.3 Å². The molecule has 2 N–H and O–H groups in total. The number of ether oxygens (including phenoxy) is 2. The summed E-state index contributed by atoms with van der Waals surface area (Å²) >= 11 is 9.78. The summed E-state index contributed by atoms with van der Waals surface area (Å²) in [5, 5.41) is 12.2. The van der Waals surface area contributed by atoms with Crippen LogP contribution in [0.5, 0.6) is 11.5 Å². The van der Waals surface area contributed by atoms with E-state index in [9.17, 15) is 14.7 Å². The van der Waals surface area contributed by atoms with Crippen LogP contribution < -0.4 is 14.8 Å². The second kappa shape index (κ2) is 10.8. The lowest BCUT2D eigenvalue weighted by molar-refractivity contribution is -0.132. The number of hydrogen-bond acceptors (Lipinski definition) is 4. The van der Waals surface area contributed by atoms with Crippen molar-refractivity contribution >= 4 is 45.5 Å². The third-order valence-electron chi connectivity index (χ3n) is 4.37. The van der Waals surface area contributed by atoms with Crippen molar-refractivity contribution in [3.05, 3.63) is 98.6 Å². The summed E-state index contributed by atoms with van der Waals surface area (Å²) in [4.78, 5) is 24.0. The second-order valence-corrected chi connectivity index (χ2v) is 7.96. The maximum atomic E-state index is 12.3. The van der Waals surface area contributed by atoms with Crippen LogP contribution in [0.4, 0.5) is 0 Å². The van der Waals surface area contributed by atoms with Crippen molar-refractivity contribution in [2.24, 2.45) is 0 Å². The van der Waals surface area contributed by atoms with E-state index in [0.717, 1.165) is 10.0 Å². The molecule has 0 fully saturated rings. The second-order valence-electron chi connectivity index (χ2n) is 6.63. The van der Waals surface area contributed by atoms with Crippen LogP contribution >= 0.6 is 27.5 Å². The molecule has 0 atom stereocenters. The summed E-state index contributed by atoms with van der Waals surface area (Å²) in [6.45, 7) is 0.270. The van der Waals surface area contributed by atoms with E-state index in [-0.39, 0.29) is 17.3 Å². The molecule has 1 amide bonds. The highest BCUT2D eigenvalue weighted by Crippen LogP contribution is 2.37. The maximum Gasteiger partial charge on any atom is 0.352 e. The number of carboxylic acid groups (broad SMARTS) is 1. The molecule has 32 heavy (non-hydrogen) atoms. The number of aliphatic carboxylic acids is 1. The number of carbonyl (C=O) groups is 2. The molecule has 0 bridgehead atoms. The van der Waals surface area contributed by atoms with E-state index in [2.05, 4.69) is 21.2 Å². The van der Waals surface area contributed by atoms with Gasteiger partial charge in [0.25, 0.3) is 5.91 Å². The molecule has 164 valence electrons. The number of carbonyl (C=O) groups excluding carboxylic acids is 1. The number of rotatable bonds is 8. The van der Waals surface area contributed by atoms with Gasteiger partial charge in [-0.25, -0.2) is 4.79 Å². The molecule has 3 aromatic carbocycles. The number of amides is 1. The molecule has 0 aliphatic heterocycles. The number of carboxylic acids is 1. The van der Waals surface area contributed by atoms with E-state index in [1.54, 1.807) is 42.5 Å². The van der Waals surface area contributed by atoms with Gasteiger partial charge in [0.2, 0.25) is 0 Å². The fourth-order valence-electron chi connectivity index (χ4n) is 2.80. The predicted octanol–water partition coefficient (Wildman–Crippen LogP) is 5.55. The Labute approximate surface area is 198 Å². The Morgan fingerprint density at radius 3 is 2.41 bits per heavy atom. The van der Waals surface area contributed by atoms with Crippen LogP contribution in [0.15, 0.2) is 76.9 Å². The molecule has 3 aromatic rings. The molecule has 0 saturated carbocycles. The van der Waals surface area contributed by atoms with Crippen LogP contribution in [0.1, 0.15) is 21.5 Å². The molecule has 8 heteroatoms. The van der Waals surface area contributed by atoms with Gasteiger partial charge in [-0.1, -0.05) is 57.9 Å². The van der Waals surface area contributed by atoms with E-state index in [0.29, 0.717) is 22.6 Å². The Hall–Kier alpha value is -3.29. The Morgan fingerprint density at radius 1 is 1.09 bits per heavy atom. The zero-order valence-corrected chi connectivity index (χ0v) is 19.3. The Morgan fingerprint density at radius 2 is 1.78 bits per heavy atom. The molecule has 6 nitrogen and oxygen atoms in total. The number of halogens is 2. The van der Waals surface area contributed by atoms with Gasteiger partial charge in [-0.3, -0.25) is 4.79 Å². The molecule has 3 rings (SSSR count). The first-order valence-corrected chi connectivity index (χ1v) is 10.6. The van der Waals surface area contributed by atoms with Crippen LogP contribution in [0.2, 0.25) is 5.02 Å². The van der Waals surface area contributed by atoms with E-state index >= 15 is 0 Å². The average molecular weight is 517 g/mol. The van der Waals surface area contributed by atoms with Crippen LogP contribution in [-0.2, 0) is 11.4 Å². The van der Waals surface area contributed by atoms with Gasteiger partial charge in [-0.2, -0.15) is 0 Å². The van der Waals surface area contributed by atoms with Gasteiger partial charge in [0.05, 0.1) is 12.1 Å². The molecule has 0 unspecified atom stereocenters. The minimum atomic E-state index is -1.29. The Bertz CT molecular complexity index is 1150. The van der Waals surface area contributed by atoms with Crippen LogP contribution in [0.3, 0.4) is 0 Å². The Balaban J connectivity index is 1.83. The van der Waals surface area contributed by atoms with Crippen molar-refractivity contribution in [3.8, 4) is 11.5 Å². The highest BCUT2D eigenvalue weighted by Gasteiger charge is 2.16. The van der Waals surface area contributed by atoms with Crippen molar-refractivity contribution in [2.45, 2.75) is 6.61 Å². The lowest BCUT2D eigenvalue weighted by atomic mass is 10.1. The van der Waals surface area contributed by atoms with Gasteiger partial charge >= 0.3 is 5.97 Å². The highest BCUT2D eigenvalue weighted by atomic mass is 79.9. The predicted molar refractivity (Wildman–Crippen MR) is 126 cm³/mol. The molecule has 0 saturated heterocycles. The quantitative estimate of drug-likeness (QED) is 0.384. The highest BCUT2D eigenvalue weighted by molar-refractivity contribution is 9.10. The third-order valence-corrected chi connectivity index (χ3v) is 5.18. The Kier molecular flexibility index (Phi) is 7.92. The minimum Gasteiger partial charge on any atom is -0.493 e. The lowest BCUT2D eigenvalue weighted by Gasteiger charge is -2.14. The van der Waals surface area contributed by atoms with Crippen molar-refractivity contribution in [1.29, 1.82) is 0 Å². The zero-order chi connectivity index (χ0) is 23.1. The van der Waals surface area contributed by atoms with Crippen LogP contribution in [0.25, 0.3) is 6.08 Å². The molecule has 0 aliphatic carbocycles. The first-order chi connectivity index (χ1) is 15.4. The SMILES string of the molecule is COc1cc(/C=C(/NC(=O)c2ccccc2)C(=O)O)cc(Cl)c1OCc1ccc(Br)cc1. The number of hydrogen-bond donors (Lipinski definition) is 2. The lowest BCUT2D eigenvalue weighted by Crippen LogP contribution is -2.27. The molecule has 0 aliphatic rings. The van der Waals surface area contributed by atoms with Gasteiger partial charge in [0, 0.05) is 10.0 Å². The third kappa shape index (κ3) is 6.12. The summed E-state index contributed by atoms with van der Waals surface area (Å²) in [6.07, 6.45) is 1.30. The van der Waals surface area contributed by atoms with Crippen molar-refractivity contribution < 1.29 is 24.2 Å². The van der Waals surface area contributed by atoms with E-state index in [4.69, 9.17) is 21.1 Å². The van der Waals surface area contributed by atoms with Gasteiger partial charge in [0.15, 0.2) is 11.5 Å². The fraction of sp³-hybridized carbons (Fsp3) is 0.0833. The summed E-state index contributed by atoms with van der Waals surface area (Å²) in [6, 6.07) is 19.1. The topological polar surface area (TPSA) is 84.9 Å². The average Bonchev–Trinajstić information content (AvgIpc) is 2.79. The molecule has 0 radical (unpaired) electrons. The van der Waals surface area contributed by atoms with Crippen molar-refractivity contribution in [3.63, 3.8) is 0 Å². The first kappa shape index (κ1) is 23.4. The van der Waals surface area contributed by atoms with Gasteiger partial charge in [-0.15, -0.1) is 0 Å². The number of benzene rings is 3. The van der Waals surface area contributed by atoms with E-state index in [1.165, 1.54) is 13.2 Å². The normalized spacial score (nSPS) is 11.0. The number of methoxy groups -OCH3 is 1. The fourth-order valence-corrected chi connectivity index (χ4v) is 3.34. The van der Waals surface area contributed by atoms with Gasteiger partial charge in [-0.05, 0) is 53.6 Å². The van der Waals surface area contributed by atoms with Crippen LogP contribution in [-0.4, -0.2) is 24.1 Å².